The van der Waals surface area contributed by atoms with E-state index < -0.39 is 17.2 Å². The first kappa shape index (κ1) is 12.0. The summed E-state index contributed by atoms with van der Waals surface area (Å²) in [5.41, 5.74) is -0.329. The summed E-state index contributed by atoms with van der Waals surface area (Å²) in [6.07, 6.45) is 0.250. The van der Waals surface area contributed by atoms with Gasteiger partial charge in [-0.25, -0.2) is 4.39 Å². The summed E-state index contributed by atoms with van der Waals surface area (Å²) in [6.45, 7) is 3.18. The second-order valence-corrected chi connectivity index (χ2v) is 4.58. The van der Waals surface area contributed by atoms with Crippen molar-refractivity contribution in [2.75, 3.05) is 0 Å². The maximum absolute atomic E-state index is 13.0. The van der Waals surface area contributed by atoms with Gasteiger partial charge in [-0.05, 0) is 44.0 Å². The van der Waals surface area contributed by atoms with Crippen molar-refractivity contribution in [3.05, 3.63) is 34.6 Å². The van der Waals surface area contributed by atoms with E-state index in [1.54, 1.807) is 19.9 Å². The van der Waals surface area contributed by atoms with Crippen LogP contribution in [0, 0.1) is 11.2 Å². The lowest BCUT2D eigenvalue weighted by Crippen LogP contribution is -2.26. The standard InChI is InChI=1S/C11H12ClFO2/c1-11(2,10(14)15)6-7-3-8(12)5-9(13)4-7/h3-5H,6H2,1-2H3,(H,14,15). The molecule has 0 aliphatic carbocycles. The molecular weight excluding hydrogens is 219 g/mol. The average Bonchev–Trinajstić information content (AvgIpc) is 1.99. The molecule has 0 saturated heterocycles. The van der Waals surface area contributed by atoms with Crippen molar-refractivity contribution in [1.29, 1.82) is 0 Å². The van der Waals surface area contributed by atoms with Crippen LogP contribution in [0.4, 0.5) is 4.39 Å². The molecule has 0 amide bonds. The minimum absolute atomic E-state index is 0.250. The SMILES string of the molecule is CC(C)(Cc1cc(F)cc(Cl)c1)C(=O)O. The minimum Gasteiger partial charge on any atom is -0.481 e. The number of hydrogen-bond donors (Lipinski definition) is 1. The molecule has 0 saturated carbocycles. The molecule has 0 aliphatic rings. The Morgan fingerprint density at radius 1 is 1.47 bits per heavy atom. The quantitative estimate of drug-likeness (QED) is 0.866. The smallest absolute Gasteiger partial charge is 0.309 e. The molecule has 2 nitrogen and oxygen atoms in total. The van der Waals surface area contributed by atoms with Gasteiger partial charge in [0, 0.05) is 5.02 Å². The van der Waals surface area contributed by atoms with Crippen LogP contribution in [0.15, 0.2) is 18.2 Å². The third kappa shape index (κ3) is 3.20. The van der Waals surface area contributed by atoms with E-state index in [0.717, 1.165) is 0 Å². The number of aliphatic carboxylic acids is 1. The van der Waals surface area contributed by atoms with Crippen molar-refractivity contribution in [3.8, 4) is 0 Å². The van der Waals surface area contributed by atoms with E-state index in [-0.39, 0.29) is 11.4 Å². The van der Waals surface area contributed by atoms with E-state index >= 15 is 0 Å². The van der Waals surface area contributed by atoms with Crippen molar-refractivity contribution in [1.82, 2.24) is 0 Å². The fourth-order valence-corrected chi connectivity index (χ4v) is 1.54. The van der Waals surface area contributed by atoms with E-state index in [2.05, 4.69) is 0 Å². The summed E-state index contributed by atoms with van der Waals surface area (Å²) < 4.78 is 13.0. The van der Waals surface area contributed by atoms with E-state index in [1.165, 1.54) is 12.1 Å². The van der Waals surface area contributed by atoms with Crippen LogP contribution < -0.4 is 0 Å². The van der Waals surface area contributed by atoms with Crippen molar-refractivity contribution in [2.45, 2.75) is 20.3 Å². The van der Waals surface area contributed by atoms with Gasteiger partial charge in [0.25, 0.3) is 0 Å². The summed E-state index contributed by atoms with van der Waals surface area (Å²) in [4.78, 5) is 10.9. The van der Waals surface area contributed by atoms with Gasteiger partial charge in [0.1, 0.15) is 5.82 Å². The molecule has 1 aromatic carbocycles. The molecule has 1 rings (SSSR count). The molecule has 0 atom stereocenters. The molecule has 0 radical (unpaired) electrons. The van der Waals surface area contributed by atoms with Gasteiger partial charge in [0.05, 0.1) is 5.41 Å². The predicted molar refractivity (Wildman–Crippen MR) is 56.5 cm³/mol. The predicted octanol–water partition coefficient (Wildman–Crippen LogP) is 3.13. The molecule has 0 heterocycles. The lowest BCUT2D eigenvalue weighted by Gasteiger charge is -2.18. The van der Waals surface area contributed by atoms with Crippen LogP contribution in [0.3, 0.4) is 0 Å². The summed E-state index contributed by atoms with van der Waals surface area (Å²) in [6, 6.07) is 4.07. The van der Waals surface area contributed by atoms with Crippen LogP contribution in [0.25, 0.3) is 0 Å². The van der Waals surface area contributed by atoms with E-state index in [0.29, 0.717) is 5.56 Å². The lowest BCUT2D eigenvalue weighted by atomic mass is 9.86. The van der Waals surface area contributed by atoms with Crippen molar-refractivity contribution >= 4 is 17.6 Å². The summed E-state index contributed by atoms with van der Waals surface area (Å²) in [5, 5.41) is 9.20. The zero-order valence-electron chi connectivity index (χ0n) is 8.55. The first-order valence-corrected chi connectivity index (χ1v) is 4.87. The van der Waals surface area contributed by atoms with Crippen molar-refractivity contribution < 1.29 is 14.3 Å². The molecule has 0 unspecified atom stereocenters. The molecule has 0 aliphatic heterocycles. The van der Waals surface area contributed by atoms with Crippen LogP contribution >= 0.6 is 11.6 Å². The third-order valence-corrected chi connectivity index (χ3v) is 2.37. The molecule has 15 heavy (non-hydrogen) atoms. The van der Waals surface area contributed by atoms with Gasteiger partial charge in [0.15, 0.2) is 0 Å². The molecule has 0 bridgehead atoms. The number of carboxylic acid groups (broad SMARTS) is 1. The summed E-state index contributed by atoms with van der Waals surface area (Å²) in [7, 11) is 0. The Balaban J connectivity index is 2.94. The van der Waals surface area contributed by atoms with Gasteiger partial charge in [-0.2, -0.15) is 0 Å². The highest BCUT2D eigenvalue weighted by molar-refractivity contribution is 6.30. The Kier molecular flexibility index (Phi) is 3.35. The number of hydrogen-bond acceptors (Lipinski definition) is 1. The largest absolute Gasteiger partial charge is 0.481 e. The van der Waals surface area contributed by atoms with Gasteiger partial charge >= 0.3 is 5.97 Å². The van der Waals surface area contributed by atoms with Gasteiger partial charge in [0.2, 0.25) is 0 Å². The Labute approximate surface area is 92.7 Å². The molecule has 0 aromatic heterocycles. The first-order chi connectivity index (χ1) is 6.81. The van der Waals surface area contributed by atoms with Crippen LogP contribution in [-0.2, 0) is 11.2 Å². The lowest BCUT2D eigenvalue weighted by molar-refractivity contribution is -0.146. The zero-order chi connectivity index (χ0) is 11.6. The first-order valence-electron chi connectivity index (χ1n) is 4.49. The maximum atomic E-state index is 13.0. The molecule has 1 aromatic rings. The highest BCUT2D eigenvalue weighted by Gasteiger charge is 2.27. The molecule has 0 fully saturated rings. The molecule has 0 spiro atoms. The van der Waals surface area contributed by atoms with Gasteiger partial charge in [-0.15, -0.1) is 0 Å². The fourth-order valence-electron chi connectivity index (χ4n) is 1.30. The molecule has 4 heteroatoms. The Morgan fingerprint density at radius 2 is 2.07 bits per heavy atom. The number of benzene rings is 1. The van der Waals surface area contributed by atoms with Crippen LogP contribution in [0.2, 0.25) is 5.02 Å². The fraction of sp³-hybridized carbons (Fsp3) is 0.364. The van der Waals surface area contributed by atoms with Gasteiger partial charge in [-0.1, -0.05) is 11.6 Å². The van der Waals surface area contributed by atoms with Crippen molar-refractivity contribution in [2.24, 2.45) is 5.41 Å². The Bertz CT molecular complexity index is 368. The molecule has 82 valence electrons. The Morgan fingerprint density at radius 3 is 2.53 bits per heavy atom. The minimum atomic E-state index is -0.920. The highest BCUT2D eigenvalue weighted by Crippen LogP contribution is 2.24. The maximum Gasteiger partial charge on any atom is 0.309 e. The number of carboxylic acids is 1. The van der Waals surface area contributed by atoms with Crippen LogP contribution in [0.5, 0.6) is 0 Å². The van der Waals surface area contributed by atoms with Crippen LogP contribution in [-0.4, -0.2) is 11.1 Å². The molecular formula is C11H12ClFO2. The zero-order valence-corrected chi connectivity index (χ0v) is 9.31. The monoisotopic (exact) mass is 230 g/mol. The second-order valence-electron chi connectivity index (χ2n) is 4.14. The number of rotatable bonds is 3. The highest BCUT2D eigenvalue weighted by atomic mass is 35.5. The summed E-state index contributed by atoms with van der Waals surface area (Å²) >= 11 is 5.67. The average molecular weight is 231 g/mol. The normalized spacial score (nSPS) is 11.5. The summed E-state index contributed by atoms with van der Waals surface area (Å²) in [5.74, 6) is -1.36. The van der Waals surface area contributed by atoms with E-state index in [1.807, 2.05) is 0 Å². The van der Waals surface area contributed by atoms with Gasteiger partial charge < -0.3 is 5.11 Å². The third-order valence-electron chi connectivity index (χ3n) is 2.15. The number of carbonyl (C=O) groups is 1. The topological polar surface area (TPSA) is 37.3 Å². The van der Waals surface area contributed by atoms with Gasteiger partial charge in [-0.3, -0.25) is 4.79 Å². The molecule has 1 N–H and O–H groups in total. The second kappa shape index (κ2) is 4.19. The van der Waals surface area contributed by atoms with E-state index in [4.69, 9.17) is 16.7 Å². The Hall–Kier alpha value is -1.09. The van der Waals surface area contributed by atoms with Crippen LogP contribution in [0.1, 0.15) is 19.4 Å². The van der Waals surface area contributed by atoms with E-state index in [9.17, 15) is 9.18 Å². The van der Waals surface area contributed by atoms with Crippen molar-refractivity contribution in [3.63, 3.8) is 0 Å². The number of halogens is 2.